The van der Waals surface area contributed by atoms with Crippen LogP contribution < -0.4 is 10.6 Å². The molecule has 0 radical (unpaired) electrons. The molecule has 3 nitrogen and oxygen atoms in total. The van der Waals surface area contributed by atoms with E-state index in [1.807, 2.05) is 30.3 Å². The lowest BCUT2D eigenvalue weighted by Gasteiger charge is -2.15. The lowest BCUT2D eigenvalue weighted by Crippen LogP contribution is -2.32. The molecule has 0 aliphatic rings. The van der Waals surface area contributed by atoms with Crippen LogP contribution in [0.15, 0.2) is 48.5 Å². The Labute approximate surface area is 128 Å². The summed E-state index contributed by atoms with van der Waals surface area (Å²) in [4.78, 5) is 0. The van der Waals surface area contributed by atoms with Gasteiger partial charge in [0.25, 0.3) is 0 Å². The van der Waals surface area contributed by atoms with Crippen LogP contribution in [0.2, 0.25) is 0 Å². The largest absolute Gasteiger partial charge is 0.387 e. The fourth-order valence-corrected chi connectivity index (χ4v) is 2.03. The zero-order valence-corrected chi connectivity index (χ0v) is 12.5. The van der Waals surface area contributed by atoms with Crippen LogP contribution >= 0.6 is 12.2 Å². The number of anilines is 1. The van der Waals surface area contributed by atoms with Crippen molar-refractivity contribution in [1.82, 2.24) is 5.32 Å². The molecule has 3 N–H and O–H groups in total. The molecule has 0 heterocycles. The number of hydrogen-bond donors (Lipinski definition) is 3. The number of rotatable bonds is 4. The Hall–Kier alpha value is -1.98. The van der Waals surface area contributed by atoms with Gasteiger partial charge in [-0.3, -0.25) is 0 Å². The minimum atomic E-state index is -0.652. The quantitative estimate of drug-likeness (QED) is 0.759. The van der Waals surface area contributed by atoms with Gasteiger partial charge >= 0.3 is 0 Å². The molecule has 2 aromatic rings. The summed E-state index contributed by atoms with van der Waals surface area (Å²) in [6.07, 6.45) is -0.652. The molecule has 0 amide bonds. The van der Waals surface area contributed by atoms with Gasteiger partial charge in [0.2, 0.25) is 0 Å². The van der Waals surface area contributed by atoms with Crippen molar-refractivity contribution in [2.75, 3.05) is 11.9 Å². The van der Waals surface area contributed by atoms with E-state index in [1.165, 1.54) is 6.07 Å². The van der Waals surface area contributed by atoms with Crippen molar-refractivity contribution >= 4 is 23.0 Å². The van der Waals surface area contributed by atoms with Gasteiger partial charge in [-0.25, -0.2) is 4.39 Å². The molecule has 0 aliphatic heterocycles. The van der Waals surface area contributed by atoms with Crippen LogP contribution in [0.25, 0.3) is 0 Å². The van der Waals surface area contributed by atoms with Crippen LogP contribution in [0.1, 0.15) is 17.2 Å². The summed E-state index contributed by atoms with van der Waals surface area (Å²) in [6.45, 7) is 1.98. The Kier molecular flexibility index (Phi) is 5.25. The summed E-state index contributed by atoms with van der Waals surface area (Å²) >= 11 is 5.12. The molecule has 1 atom stereocenters. The average Bonchev–Trinajstić information content (AvgIpc) is 2.49. The highest BCUT2D eigenvalue weighted by Crippen LogP contribution is 2.14. The van der Waals surface area contributed by atoms with E-state index in [0.717, 1.165) is 5.56 Å². The minimum absolute atomic E-state index is 0.282. The molecule has 2 rings (SSSR count). The molecular weight excluding hydrogens is 287 g/mol. The van der Waals surface area contributed by atoms with E-state index in [9.17, 15) is 9.50 Å². The van der Waals surface area contributed by atoms with E-state index < -0.39 is 6.10 Å². The van der Waals surface area contributed by atoms with Crippen molar-refractivity contribution < 1.29 is 9.50 Å². The van der Waals surface area contributed by atoms with Crippen LogP contribution in [-0.4, -0.2) is 16.8 Å². The van der Waals surface area contributed by atoms with Gasteiger partial charge in [0.1, 0.15) is 5.82 Å². The predicted octanol–water partition coefficient (Wildman–Crippen LogP) is 3.15. The zero-order chi connectivity index (χ0) is 15.2. The van der Waals surface area contributed by atoms with E-state index >= 15 is 0 Å². The second-order valence-electron chi connectivity index (χ2n) is 4.73. The van der Waals surface area contributed by atoms with Crippen LogP contribution in [0.3, 0.4) is 0 Å². The molecule has 110 valence electrons. The van der Waals surface area contributed by atoms with E-state index in [4.69, 9.17) is 12.2 Å². The second kappa shape index (κ2) is 7.15. The van der Waals surface area contributed by atoms with Crippen molar-refractivity contribution in [3.05, 3.63) is 65.5 Å². The molecule has 0 spiro atoms. The first-order chi connectivity index (χ1) is 10.1. The highest BCUT2D eigenvalue weighted by atomic mass is 32.1. The van der Waals surface area contributed by atoms with Gasteiger partial charge in [0.15, 0.2) is 5.11 Å². The Morgan fingerprint density at radius 2 is 1.95 bits per heavy atom. The van der Waals surface area contributed by atoms with E-state index in [0.29, 0.717) is 16.4 Å². The Morgan fingerprint density at radius 3 is 2.62 bits per heavy atom. The molecule has 5 heteroatoms. The molecular formula is C16H17FN2OS. The van der Waals surface area contributed by atoms with Gasteiger partial charge in [-0.2, -0.15) is 0 Å². The van der Waals surface area contributed by atoms with E-state index in [1.54, 1.807) is 19.1 Å². The maximum absolute atomic E-state index is 13.4. The van der Waals surface area contributed by atoms with Gasteiger partial charge in [-0.05, 0) is 42.4 Å². The SMILES string of the molecule is Cc1ccc(NC(=S)NC[C@@H](O)c2ccccc2)cc1F. The number of halogens is 1. The highest BCUT2D eigenvalue weighted by Gasteiger charge is 2.07. The van der Waals surface area contributed by atoms with Crippen LogP contribution in [0.4, 0.5) is 10.1 Å². The zero-order valence-electron chi connectivity index (χ0n) is 11.6. The first kappa shape index (κ1) is 15.4. The third kappa shape index (κ3) is 4.51. The molecule has 21 heavy (non-hydrogen) atoms. The first-order valence-corrected chi connectivity index (χ1v) is 7.01. The number of aryl methyl sites for hydroxylation is 1. The average molecular weight is 304 g/mol. The summed E-state index contributed by atoms with van der Waals surface area (Å²) in [6, 6.07) is 14.1. The van der Waals surface area contributed by atoms with Crippen LogP contribution in [-0.2, 0) is 0 Å². The maximum Gasteiger partial charge on any atom is 0.170 e. The third-order valence-electron chi connectivity index (χ3n) is 3.07. The van der Waals surface area contributed by atoms with Crippen molar-refractivity contribution in [2.45, 2.75) is 13.0 Å². The molecule has 0 bridgehead atoms. The van der Waals surface area contributed by atoms with Crippen LogP contribution in [0.5, 0.6) is 0 Å². The summed E-state index contributed by atoms with van der Waals surface area (Å²) in [5.74, 6) is -0.285. The van der Waals surface area contributed by atoms with E-state index in [-0.39, 0.29) is 12.4 Å². The molecule has 0 saturated carbocycles. The Morgan fingerprint density at radius 1 is 1.24 bits per heavy atom. The smallest absolute Gasteiger partial charge is 0.170 e. The van der Waals surface area contributed by atoms with Crippen molar-refractivity contribution in [2.24, 2.45) is 0 Å². The summed E-state index contributed by atoms with van der Waals surface area (Å²) < 4.78 is 13.4. The van der Waals surface area contributed by atoms with Gasteiger partial charge in [0.05, 0.1) is 6.10 Å². The fraction of sp³-hybridized carbons (Fsp3) is 0.188. The Bertz CT molecular complexity index is 619. The Balaban J connectivity index is 1.86. The molecule has 0 aliphatic carbocycles. The summed E-state index contributed by atoms with van der Waals surface area (Å²) in [5.41, 5.74) is 1.97. The highest BCUT2D eigenvalue weighted by molar-refractivity contribution is 7.80. The number of nitrogens with one attached hydrogen (secondary N) is 2. The van der Waals surface area contributed by atoms with Crippen molar-refractivity contribution in [3.63, 3.8) is 0 Å². The monoisotopic (exact) mass is 304 g/mol. The van der Waals surface area contributed by atoms with Gasteiger partial charge in [-0.15, -0.1) is 0 Å². The topological polar surface area (TPSA) is 44.3 Å². The van der Waals surface area contributed by atoms with Gasteiger partial charge < -0.3 is 15.7 Å². The predicted molar refractivity (Wildman–Crippen MR) is 86.8 cm³/mol. The number of hydrogen-bond acceptors (Lipinski definition) is 2. The van der Waals surface area contributed by atoms with Crippen LogP contribution in [0, 0.1) is 12.7 Å². The van der Waals surface area contributed by atoms with Gasteiger partial charge in [0, 0.05) is 12.2 Å². The van der Waals surface area contributed by atoms with Crippen molar-refractivity contribution in [1.29, 1.82) is 0 Å². The van der Waals surface area contributed by atoms with Gasteiger partial charge in [-0.1, -0.05) is 36.4 Å². The minimum Gasteiger partial charge on any atom is -0.387 e. The maximum atomic E-state index is 13.4. The molecule has 0 unspecified atom stereocenters. The molecule has 0 saturated heterocycles. The first-order valence-electron chi connectivity index (χ1n) is 6.60. The summed E-state index contributed by atoms with van der Waals surface area (Å²) in [5, 5.41) is 16.1. The number of benzene rings is 2. The molecule has 0 aromatic heterocycles. The summed E-state index contributed by atoms with van der Waals surface area (Å²) in [7, 11) is 0. The third-order valence-corrected chi connectivity index (χ3v) is 3.32. The molecule has 2 aromatic carbocycles. The second-order valence-corrected chi connectivity index (χ2v) is 5.13. The van der Waals surface area contributed by atoms with E-state index in [2.05, 4.69) is 10.6 Å². The lowest BCUT2D eigenvalue weighted by atomic mass is 10.1. The normalized spacial score (nSPS) is 11.8. The lowest BCUT2D eigenvalue weighted by molar-refractivity contribution is 0.181. The molecule has 0 fully saturated rings. The fourth-order valence-electron chi connectivity index (χ4n) is 1.83. The number of thiocarbonyl (C=S) groups is 1. The number of aliphatic hydroxyl groups excluding tert-OH is 1. The number of aliphatic hydroxyl groups is 1. The standard InChI is InChI=1S/C16H17FN2OS/c1-11-7-8-13(9-14(11)17)19-16(21)18-10-15(20)12-5-3-2-4-6-12/h2-9,15,20H,10H2,1H3,(H2,18,19,21)/t15-/m1/s1. The van der Waals surface area contributed by atoms with Crippen molar-refractivity contribution in [3.8, 4) is 0 Å².